The van der Waals surface area contributed by atoms with E-state index in [1.54, 1.807) is 32.0 Å². The number of carbonyl (C=O) groups is 1. The van der Waals surface area contributed by atoms with Crippen LogP contribution in [0.3, 0.4) is 0 Å². The monoisotopic (exact) mass is 569 g/mol. The molecule has 0 spiro atoms. The Morgan fingerprint density at radius 3 is 2.79 bits per heavy atom. The number of thiophene rings is 1. The van der Waals surface area contributed by atoms with Gasteiger partial charge in [-0.05, 0) is 69.1 Å². The summed E-state index contributed by atoms with van der Waals surface area (Å²) in [5.74, 6) is -0.203. The van der Waals surface area contributed by atoms with Gasteiger partial charge >= 0.3 is 5.97 Å². The Bertz CT molecular complexity index is 1480. The average molecular weight is 570 g/mol. The van der Waals surface area contributed by atoms with Crippen molar-refractivity contribution in [2.24, 2.45) is 5.92 Å². The third-order valence-electron chi connectivity index (χ3n) is 7.44. The summed E-state index contributed by atoms with van der Waals surface area (Å²) < 4.78 is 32.9. The number of nitrogens with zero attached hydrogens (tertiary/aromatic N) is 2. The van der Waals surface area contributed by atoms with Gasteiger partial charge in [0.15, 0.2) is 0 Å². The van der Waals surface area contributed by atoms with Gasteiger partial charge in [0.2, 0.25) is 5.79 Å². The van der Waals surface area contributed by atoms with Crippen LogP contribution in [-0.4, -0.2) is 40.5 Å². The van der Waals surface area contributed by atoms with E-state index in [-0.39, 0.29) is 18.0 Å². The van der Waals surface area contributed by atoms with Gasteiger partial charge < -0.3 is 19.2 Å². The fourth-order valence-electron chi connectivity index (χ4n) is 5.54. The highest BCUT2D eigenvalue weighted by Gasteiger charge is 2.44. The molecule has 1 fully saturated rings. The Balaban J connectivity index is 1.15. The van der Waals surface area contributed by atoms with Crippen molar-refractivity contribution < 1.29 is 23.4 Å². The summed E-state index contributed by atoms with van der Waals surface area (Å²) in [6, 6.07) is 14.2. The zero-order chi connectivity index (χ0) is 27.1. The van der Waals surface area contributed by atoms with Crippen molar-refractivity contribution in [1.82, 2.24) is 14.9 Å². The summed E-state index contributed by atoms with van der Waals surface area (Å²) in [4.78, 5) is 23.8. The number of benzene rings is 2. The number of esters is 1. The third kappa shape index (κ3) is 5.16. The van der Waals surface area contributed by atoms with Crippen molar-refractivity contribution in [3.8, 4) is 5.75 Å². The van der Waals surface area contributed by atoms with E-state index in [4.69, 9.17) is 30.8 Å². The Labute approximate surface area is 234 Å². The molecule has 4 heterocycles. The number of piperidine rings is 1. The van der Waals surface area contributed by atoms with Crippen LogP contribution in [0.15, 0.2) is 48.5 Å². The first kappa shape index (κ1) is 26.3. The summed E-state index contributed by atoms with van der Waals surface area (Å²) >= 11 is 7.34. The number of rotatable bonds is 6. The van der Waals surface area contributed by atoms with E-state index in [0.29, 0.717) is 34.4 Å². The lowest BCUT2D eigenvalue weighted by Crippen LogP contribution is -2.43. The second-order valence-electron chi connectivity index (χ2n) is 10.1. The molecule has 204 valence electrons. The van der Waals surface area contributed by atoms with Crippen LogP contribution in [-0.2, 0) is 21.8 Å². The molecule has 2 aliphatic heterocycles. The summed E-state index contributed by atoms with van der Waals surface area (Å²) in [5, 5.41) is 0.329. The Kier molecular flexibility index (Phi) is 7.09. The number of hydrogen-bond donors (Lipinski definition) is 1. The topological polar surface area (TPSA) is 76.7 Å². The minimum Gasteiger partial charge on any atom is -0.462 e. The zero-order valence-corrected chi connectivity index (χ0v) is 23.3. The number of hydrogen-bond acceptors (Lipinski definition) is 7. The molecule has 2 aromatic carbocycles. The van der Waals surface area contributed by atoms with Crippen molar-refractivity contribution in [3.05, 3.63) is 81.2 Å². The summed E-state index contributed by atoms with van der Waals surface area (Å²) in [5.41, 5.74) is 2.17. The van der Waals surface area contributed by atoms with E-state index in [1.807, 2.05) is 24.3 Å². The van der Waals surface area contributed by atoms with Crippen LogP contribution in [0.5, 0.6) is 5.75 Å². The normalized spacial score (nSPS) is 22.0. The van der Waals surface area contributed by atoms with E-state index in [2.05, 4.69) is 9.88 Å². The number of imidazole rings is 1. The lowest BCUT2D eigenvalue weighted by molar-refractivity contribution is -0.243. The summed E-state index contributed by atoms with van der Waals surface area (Å²) in [6.07, 6.45) is 1.60. The van der Waals surface area contributed by atoms with Crippen LogP contribution in [0, 0.1) is 11.7 Å². The lowest BCUT2D eigenvalue weighted by Gasteiger charge is -2.44. The number of fused-ring (bicyclic) bond motifs is 2. The van der Waals surface area contributed by atoms with E-state index >= 15 is 0 Å². The molecule has 1 N–H and O–H groups in total. The highest BCUT2D eigenvalue weighted by Crippen LogP contribution is 2.48. The number of H-pyrrole nitrogens is 1. The van der Waals surface area contributed by atoms with Gasteiger partial charge in [-0.25, -0.2) is 14.2 Å². The van der Waals surface area contributed by atoms with E-state index in [9.17, 15) is 9.18 Å². The molecule has 39 heavy (non-hydrogen) atoms. The van der Waals surface area contributed by atoms with Crippen LogP contribution in [0.4, 0.5) is 4.39 Å². The molecule has 1 saturated heterocycles. The molecule has 2 atom stereocenters. The molecule has 0 radical (unpaired) electrons. The standard InChI is InChI=1S/C29H29ClFN3O4S/c1-3-36-28(35)24-15-22-27(39-24)33-25(32-22)16-34-12-10-17(11-13-34)26-19-6-4-5-7-23(19)37-29(2,38-26)20-9-8-18(30)14-21(20)31/h4-9,14-15,17,26H,3,10-13,16H2,1-2H3,(H,32,33). The minimum absolute atomic E-state index is 0.229. The Morgan fingerprint density at radius 2 is 2.05 bits per heavy atom. The number of ether oxygens (including phenoxy) is 3. The molecule has 7 nitrogen and oxygen atoms in total. The van der Waals surface area contributed by atoms with Crippen LogP contribution < -0.4 is 4.74 Å². The molecule has 0 amide bonds. The predicted molar refractivity (Wildman–Crippen MR) is 148 cm³/mol. The Morgan fingerprint density at radius 1 is 1.26 bits per heavy atom. The predicted octanol–water partition coefficient (Wildman–Crippen LogP) is 6.83. The maximum Gasteiger partial charge on any atom is 0.348 e. The van der Waals surface area contributed by atoms with Gasteiger partial charge in [0.25, 0.3) is 0 Å². The molecule has 2 aliphatic rings. The van der Waals surface area contributed by atoms with Gasteiger partial charge in [-0.3, -0.25) is 4.90 Å². The molecular weight excluding hydrogens is 541 g/mol. The average Bonchev–Trinajstić information content (AvgIpc) is 3.48. The van der Waals surface area contributed by atoms with Gasteiger partial charge in [-0.2, -0.15) is 0 Å². The van der Waals surface area contributed by atoms with Gasteiger partial charge in [-0.1, -0.05) is 29.8 Å². The molecule has 4 aromatic rings. The van der Waals surface area contributed by atoms with Crippen LogP contribution in [0.1, 0.15) is 59.4 Å². The van der Waals surface area contributed by atoms with E-state index in [1.165, 1.54) is 17.4 Å². The quantitative estimate of drug-likeness (QED) is 0.257. The first-order valence-corrected chi connectivity index (χ1v) is 14.3. The number of carbonyl (C=O) groups excluding carboxylic acids is 1. The smallest absolute Gasteiger partial charge is 0.348 e. The number of aromatic nitrogens is 2. The van der Waals surface area contributed by atoms with E-state index < -0.39 is 11.6 Å². The largest absolute Gasteiger partial charge is 0.462 e. The van der Waals surface area contributed by atoms with Crippen molar-refractivity contribution in [1.29, 1.82) is 0 Å². The molecule has 0 aliphatic carbocycles. The maximum absolute atomic E-state index is 15.0. The highest BCUT2D eigenvalue weighted by molar-refractivity contribution is 7.20. The molecule has 0 bridgehead atoms. The van der Waals surface area contributed by atoms with Crippen LogP contribution in [0.2, 0.25) is 5.02 Å². The van der Waals surface area contributed by atoms with Gasteiger partial charge in [0, 0.05) is 17.5 Å². The molecular formula is C29H29ClFN3O4S. The highest BCUT2D eigenvalue weighted by atomic mass is 35.5. The molecule has 2 aromatic heterocycles. The molecule has 2 unspecified atom stereocenters. The lowest BCUT2D eigenvalue weighted by atomic mass is 9.85. The SMILES string of the molecule is CCOC(=O)c1cc2[nH]c(CN3CCC(C4OC(C)(c5ccc(Cl)cc5F)Oc5ccccc54)CC3)nc2s1. The number of likely N-dealkylation sites (tertiary alicyclic amines) is 1. The minimum atomic E-state index is -1.27. The summed E-state index contributed by atoms with van der Waals surface area (Å²) in [7, 11) is 0. The second kappa shape index (κ2) is 10.5. The second-order valence-corrected chi connectivity index (χ2v) is 11.6. The van der Waals surface area contributed by atoms with E-state index in [0.717, 1.165) is 47.7 Å². The summed E-state index contributed by atoms with van der Waals surface area (Å²) in [6.45, 7) is 6.36. The number of para-hydroxylation sites is 1. The van der Waals surface area contributed by atoms with Crippen LogP contribution in [0.25, 0.3) is 10.3 Å². The number of aromatic amines is 1. The molecule has 6 rings (SSSR count). The first-order chi connectivity index (χ1) is 18.8. The van der Waals surface area contributed by atoms with Crippen molar-refractivity contribution in [2.45, 2.75) is 45.1 Å². The fraction of sp³-hybridized carbons (Fsp3) is 0.379. The van der Waals surface area contributed by atoms with Crippen LogP contribution >= 0.6 is 22.9 Å². The number of halogens is 2. The first-order valence-electron chi connectivity index (χ1n) is 13.1. The number of nitrogens with one attached hydrogen (secondary N) is 1. The van der Waals surface area contributed by atoms with Crippen molar-refractivity contribution >= 4 is 39.3 Å². The zero-order valence-electron chi connectivity index (χ0n) is 21.7. The van der Waals surface area contributed by atoms with Crippen molar-refractivity contribution in [2.75, 3.05) is 19.7 Å². The third-order valence-corrected chi connectivity index (χ3v) is 8.68. The van der Waals surface area contributed by atoms with Crippen molar-refractivity contribution in [3.63, 3.8) is 0 Å². The maximum atomic E-state index is 15.0. The Hall–Kier alpha value is -2.98. The van der Waals surface area contributed by atoms with Gasteiger partial charge in [-0.15, -0.1) is 11.3 Å². The molecule has 10 heteroatoms. The fourth-order valence-corrected chi connectivity index (χ4v) is 6.60. The van der Waals surface area contributed by atoms with Gasteiger partial charge in [0.1, 0.15) is 27.1 Å². The molecule has 0 saturated carbocycles. The van der Waals surface area contributed by atoms with Gasteiger partial charge in [0.05, 0.1) is 30.3 Å².